The van der Waals surface area contributed by atoms with Crippen molar-refractivity contribution in [3.63, 3.8) is 0 Å². The summed E-state index contributed by atoms with van der Waals surface area (Å²) in [5.74, 6) is 0.406. The van der Waals surface area contributed by atoms with Crippen LogP contribution in [0.3, 0.4) is 0 Å². The second-order valence-electron chi connectivity index (χ2n) is 4.68. The van der Waals surface area contributed by atoms with E-state index in [-0.39, 0.29) is 5.75 Å². The molecule has 1 aromatic rings. The average Bonchev–Trinajstić information content (AvgIpc) is 2.38. The van der Waals surface area contributed by atoms with Crippen molar-refractivity contribution < 1.29 is 8.42 Å². The fourth-order valence-electron chi connectivity index (χ4n) is 2.10. The first-order valence-corrected chi connectivity index (χ1v) is 7.88. The Kier molecular flexibility index (Phi) is 4.68. The van der Waals surface area contributed by atoms with Crippen molar-refractivity contribution in [3.8, 4) is 0 Å². The Bertz CT molecular complexity index is 455. The van der Waals surface area contributed by atoms with Gasteiger partial charge in [-0.25, -0.2) is 13.1 Å². The number of hydrogen-bond acceptors (Lipinski definition) is 4. The molecule has 0 amide bonds. The van der Waals surface area contributed by atoms with Gasteiger partial charge in [-0.2, -0.15) is 0 Å². The highest BCUT2D eigenvalue weighted by Gasteiger charge is 2.17. The summed E-state index contributed by atoms with van der Waals surface area (Å²) in [7, 11) is -3.25. The standard InChI is InChI=1S/C12H19N3O2S/c16-18(17,10-12-4-2-6-14-8-12)15-9-11-3-1-5-13-7-11/h2,4,6,8,11,13,15H,1,3,5,7,9-10H2/t11-/m0/s1. The molecule has 1 fully saturated rings. The van der Waals surface area contributed by atoms with Gasteiger partial charge in [-0.3, -0.25) is 4.98 Å². The van der Waals surface area contributed by atoms with Crippen molar-refractivity contribution in [2.45, 2.75) is 18.6 Å². The molecule has 0 radical (unpaired) electrons. The maximum absolute atomic E-state index is 11.9. The number of hydrogen-bond donors (Lipinski definition) is 2. The number of aromatic nitrogens is 1. The lowest BCUT2D eigenvalue weighted by atomic mass is 10.0. The van der Waals surface area contributed by atoms with Crippen molar-refractivity contribution in [1.29, 1.82) is 0 Å². The van der Waals surface area contributed by atoms with E-state index in [4.69, 9.17) is 0 Å². The van der Waals surface area contributed by atoms with Crippen molar-refractivity contribution in [1.82, 2.24) is 15.0 Å². The first-order valence-electron chi connectivity index (χ1n) is 6.23. The Morgan fingerprint density at radius 2 is 2.39 bits per heavy atom. The fraction of sp³-hybridized carbons (Fsp3) is 0.583. The molecule has 0 unspecified atom stereocenters. The highest BCUT2D eigenvalue weighted by Crippen LogP contribution is 2.09. The van der Waals surface area contributed by atoms with E-state index in [0.717, 1.165) is 25.9 Å². The number of rotatable bonds is 5. The molecule has 1 aromatic heterocycles. The third-order valence-corrected chi connectivity index (χ3v) is 4.39. The number of nitrogens with one attached hydrogen (secondary N) is 2. The van der Waals surface area contributed by atoms with Gasteiger partial charge in [-0.15, -0.1) is 0 Å². The first kappa shape index (κ1) is 13.5. The number of pyridine rings is 1. The predicted molar refractivity (Wildman–Crippen MR) is 70.5 cm³/mol. The zero-order chi connectivity index (χ0) is 12.8. The van der Waals surface area contributed by atoms with Crippen molar-refractivity contribution in [3.05, 3.63) is 30.1 Å². The minimum Gasteiger partial charge on any atom is -0.316 e. The van der Waals surface area contributed by atoms with Crippen LogP contribution >= 0.6 is 0 Å². The molecular formula is C12H19N3O2S. The van der Waals surface area contributed by atoms with Gasteiger partial charge < -0.3 is 5.32 Å². The van der Waals surface area contributed by atoms with Gasteiger partial charge >= 0.3 is 0 Å². The molecule has 2 N–H and O–H groups in total. The Morgan fingerprint density at radius 1 is 1.50 bits per heavy atom. The quantitative estimate of drug-likeness (QED) is 0.816. The van der Waals surface area contributed by atoms with E-state index in [1.54, 1.807) is 24.5 Å². The molecule has 100 valence electrons. The first-order chi connectivity index (χ1) is 8.66. The third kappa shape index (κ3) is 4.36. The van der Waals surface area contributed by atoms with Crippen LogP contribution in [-0.2, 0) is 15.8 Å². The molecule has 0 saturated carbocycles. The van der Waals surface area contributed by atoms with Crippen LogP contribution in [0.4, 0.5) is 0 Å². The molecule has 6 heteroatoms. The van der Waals surface area contributed by atoms with Crippen molar-refractivity contribution in [2.24, 2.45) is 5.92 Å². The van der Waals surface area contributed by atoms with E-state index in [1.165, 1.54) is 0 Å². The van der Waals surface area contributed by atoms with Crippen LogP contribution in [0, 0.1) is 5.92 Å². The molecule has 18 heavy (non-hydrogen) atoms. The molecule has 5 nitrogen and oxygen atoms in total. The second-order valence-corrected chi connectivity index (χ2v) is 6.49. The van der Waals surface area contributed by atoms with Crippen LogP contribution in [0.1, 0.15) is 18.4 Å². The van der Waals surface area contributed by atoms with Gasteiger partial charge in [0.05, 0.1) is 5.75 Å². The van der Waals surface area contributed by atoms with Gasteiger partial charge in [0.2, 0.25) is 10.0 Å². The minimum atomic E-state index is -3.25. The summed E-state index contributed by atoms with van der Waals surface area (Å²) in [6, 6.07) is 3.52. The topological polar surface area (TPSA) is 71.1 Å². The lowest BCUT2D eigenvalue weighted by Gasteiger charge is -2.22. The van der Waals surface area contributed by atoms with Gasteiger partial charge in [-0.05, 0) is 43.5 Å². The summed E-state index contributed by atoms with van der Waals surface area (Å²) >= 11 is 0. The summed E-state index contributed by atoms with van der Waals surface area (Å²) in [6.45, 7) is 2.46. The number of sulfonamides is 1. The number of nitrogens with zero attached hydrogens (tertiary/aromatic N) is 1. The zero-order valence-corrected chi connectivity index (χ0v) is 11.1. The van der Waals surface area contributed by atoms with Crippen LogP contribution < -0.4 is 10.0 Å². The molecule has 1 atom stereocenters. The third-order valence-electron chi connectivity index (χ3n) is 3.07. The molecule has 1 aliphatic heterocycles. The normalized spacial score (nSPS) is 20.8. The summed E-state index contributed by atoms with van der Waals surface area (Å²) in [5, 5.41) is 3.28. The van der Waals surface area contributed by atoms with Crippen LogP contribution in [0.25, 0.3) is 0 Å². The molecule has 0 bridgehead atoms. The zero-order valence-electron chi connectivity index (χ0n) is 10.3. The summed E-state index contributed by atoms with van der Waals surface area (Å²) < 4.78 is 26.4. The summed E-state index contributed by atoms with van der Waals surface area (Å²) in [5.41, 5.74) is 0.715. The van der Waals surface area contributed by atoms with E-state index < -0.39 is 10.0 Å². The van der Waals surface area contributed by atoms with E-state index in [1.807, 2.05) is 0 Å². The summed E-state index contributed by atoms with van der Waals surface area (Å²) in [4.78, 5) is 3.92. The molecule has 1 saturated heterocycles. The molecule has 1 aliphatic rings. The van der Waals surface area contributed by atoms with Crippen LogP contribution in [0.2, 0.25) is 0 Å². The predicted octanol–water partition coefficient (Wildman–Crippen LogP) is 0.501. The van der Waals surface area contributed by atoms with Crippen LogP contribution in [0.15, 0.2) is 24.5 Å². The Labute approximate surface area is 108 Å². The maximum Gasteiger partial charge on any atom is 0.215 e. The minimum absolute atomic E-state index is 0.000981. The van der Waals surface area contributed by atoms with Crippen LogP contribution in [-0.4, -0.2) is 33.0 Å². The van der Waals surface area contributed by atoms with Crippen LogP contribution in [0.5, 0.6) is 0 Å². The smallest absolute Gasteiger partial charge is 0.215 e. The van der Waals surface area contributed by atoms with Gasteiger partial charge in [0, 0.05) is 18.9 Å². The van der Waals surface area contributed by atoms with Crippen molar-refractivity contribution in [2.75, 3.05) is 19.6 Å². The second kappa shape index (κ2) is 6.26. The highest BCUT2D eigenvalue weighted by molar-refractivity contribution is 7.88. The Hall–Kier alpha value is -0.980. The largest absolute Gasteiger partial charge is 0.316 e. The van der Waals surface area contributed by atoms with Gasteiger partial charge in [0.15, 0.2) is 0 Å². The fourth-order valence-corrected chi connectivity index (χ4v) is 3.30. The van der Waals surface area contributed by atoms with E-state index in [0.29, 0.717) is 18.0 Å². The Balaban J connectivity index is 1.83. The van der Waals surface area contributed by atoms with E-state index in [2.05, 4.69) is 15.0 Å². The highest BCUT2D eigenvalue weighted by atomic mass is 32.2. The SMILES string of the molecule is O=S(=O)(Cc1cccnc1)NC[C@H]1CCCNC1. The number of piperidine rings is 1. The lowest BCUT2D eigenvalue weighted by Crippen LogP contribution is -2.38. The van der Waals surface area contributed by atoms with Gasteiger partial charge in [-0.1, -0.05) is 6.07 Å². The van der Waals surface area contributed by atoms with E-state index in [9.17, 15) is 8.42 Å². The molecule has 2 rings (SSSR count). The van der Waals surface area contributed by atoms with Crippen molar-refractivity contribution >= 4 is 10.0 Å². The molecule has 2 heterocycles. The summed E-state index contributed by atoms with van der Waals surface area (Å²) in [6.07, 6.45) is 5.43. The molecular weight excluding hydrogens is 250 g/mol. The van der Waals surface area contributed by atoms with E-state index >= 15 is 0 Å². The Morgan fingerprint density at radius 3 is 3.06 bits per heavy atom. The lowest BCUT2D eigenvalue weighted by molar-refractivity contribution is 0.376. The maximum atomic E-state index is 11.9. The molecule has 0 aliphatic carbocycles. The molecule has 0 aromatic carbocycles. The van der Waals surface area contributed by atoms with Gasteiger partial charge in [0.25, 0.3) is 0 Å². The monoisotopic (exact) mass is 269 g/mol. The van der Waals surface area contributed by atoms with Gasteiger partial charge in [0.1, 0.15) is 0 Å². The molecule has 0 spiro atoms. The average molecular weight is 269 g/mol.